The average molecular weight is 299 g/mol. The first-order valence-electron chi connectivity index (χ1n) is 6.96. The number of hydrogen-bond donors (Lipinski definition) is 1. The molecule has 0 aromatic carbocycles. The topological polar surface area (TPSA) is 46.5 Å². The van der Waals surface area contributed by atoms with Crippen LogP contribution in [0.15, 0.2) is 34.9 Å². The van der Waals surface area contributed by atoms with Crippen molar-refractivity contribution in [3.8, 4) is 0 Å². The lowest BCUT2D eigenvalue weighted by molar-refractivity contribution is 0.343. The SMILES string of the molecule is CC=C(C)C=CC1=C(C)CCCC1(C)C.CO[P+](=O)O. The second-order valence-electron chi connectivity index (χ2n) is 5.72. The van der Waals surface area contributed by atoms with Gasteiger partial charge in [0.25, 0.3) is 0 Å². The van der Waals surface area contributed by atoms with Crippen molar-refractivity contribution < 1.29 is 14.0 Å². The Labute approximate surface area is 124 Å². The van der Waals surface area contributed by atoms with Crippen LogP contribution in [0.4, 0.5) is 0 Å². The van der Waals surface area contributed by atoms with Gasteiger partial charge in [-0.05, 0) is 51.0 Å². The van der Waals surface area contributed by atoms with Crippen molar-refractivity contribution in [1.29, 1.82) is 0 Å². The van der Waals surface area contributed by atoms with Crippen LogP contribution >= 0.6 is 8.25 Å². The number of allylic oxidation sites excluding steroid dienone is 6. The molecule has 0 heterocycles. The normalized spacial score (nSPS) is 19.8. The van der Waals surface area contributed by atoms with Crippen molar-refractivity contribution in [2.45, 2.75) is 53.9 Å². The molecule has 3 nitrogen and oxygen atoms in total. The van der Waals surface area contributed by atoms with Gasteiger partial charge in [0, 0.05) is 4.57 Å². The first-order valence-corrected chi connectivity index (χ1v) is 8.09. The zero-order valence-corrected chi connectivity index (χ0v) is 14.5. The van der Waals surface area contributed by atoms with Gasteiger partial charge in [-0.1, -0.05) is 43.2 Å². The van der Waals surface area contributed by atoms with Gasteiger partial charge in [-0.3, -0.25) is 0 Å². The van der Waals surface area contributed by atoms with E-state index in [4.69, 9.17) is 4.89 Å². The Hall–Kier alpha value is -0.760. The van der Waals surface area contributed by atoms with E-state index in [2.05, 4.69) is 57.4 Å². The molecule has 0 amide bonds. The van der Waals surface area contributed by atoms with E-state index in [9.17, 15) is 4.57 Å². The van der Waals surface area contributed by atoms with E-state index in [0.717, 1.165) is 0 Å². The molecule has 1 N–H and O–H groups in total. The maximum Gasteiger partial charge on any atom is 0.694 e. The molecule has 1 unspecified atom stereocenters. The highest BCUT2D eigenvalue weighted by molar-refractivity contribution is 7.32. The number of hydrogen-bond acceptors (Lipinski definition) is 2. The highest BCUT2D eigenvalue weighted by Gasteiger charge is 2.26. The molecule has 0 saturated carbocycles. The van der Waals surface area contributed by atoms with Crippen LogP contribution in [0.5, 0.6) is 0 Å². The summed E-state index contributed by atoms with van der Waals surface area (Å²) in [5.74, 6) is 0. The maximum absolute atomic E-state index is 9.29. The first-order chi connectivity index (χ1) is 9.24. The highest BCUT2D eigenvalue weighted by Crippen LogP contribution is 2.40. The van der Waals surface area contributed by atoms with Gasteiger partial charge in [0.05, 0.1) is 7.11 Å². The average Bonchev–Trinajstić information content (AvgIpc) is 2.37. The molecule has 0 aromatic rings. The quantitative estimate of drug-likeness (QED) is 0.567. The van der Waals surface area contributed by atoms with E-state index in [1.54, 1.807) is 11.1 Å². The third kappa shape index (κ3) is 7.14. The van der Waals surface area contributed by atoms with Gasteiger partial charge in [0.1, 0.15) is 0 Å². The standard InChI is InChI=1S/C15H24.CH3O3P/c1-6-12(2)9-10-14-13(3)8-7-11-15(14,4)5;1-4-5(2)3/h6,9-10H,7-8,11H2,1-5H3;1H3/p+1. The van der Waals surface area contributed by atoms with Crippen molar-refractivity contribution in [2.24, 2.45) is 5.41 Å². The lowest BCUT2D eigenvalue weighted by atomic mass is 9.72. The maximum atomic E-state index is 9.29. The van der Waals surface area contributed by atoms with Crippen LogP contribution in [0.3, 0.4) is 0 Å². The fraction of sp³-hybridized carbons (Fsp3) is 0.625. The molecule has 0 aromatic heterocycles. The zero-order valence-electron chi connectivity index (χ0n) is 13.6. The third-order valence-corrected chi connectivity index (χ3v) is 3.98. The fourth-order valence-electron chi connectivity index (χ4n) is 2.32. The van der Waals surface area contributed by atoms with Crippen LogP contribution in [0.1, 0.15) is 53.9 Å². The Balaban J connectivity index is 0.000000621. The summed E-state index contributed by atoms with van der Waals surface area (Å²) in [6.45, 7) is 11.3. The molecule has 0 radical (unpaired) electrons. The molecule has 0 spiro atoms. The molecule has 4 heteroatoms. The molecule has 0 fully saturated rings. The van der Waals surface area contributed by atoms with Crippen molar-refractivity contribution in [3.05, 3.63) is 34.9 Å². The van der Waals surface area contributed by atoms with Gasteiger partial charge >= 0.3 is 8.25 Å². The Morgan fingerprint density at radius 2 is 2.00 bits per heavy atom. The van der Waals surface area contributed by atoms with Gasteiger partial charge in [-0.15, -0.1) is 9.42 Å². The van der Waals surface area contributed by atoms with Gasteiger partial charge in [-0.25, -0.2) is 0 Å². The Morgan fingerprint density at radius 3 is 2.40 bits per heavy atom. The van der Waals surface area contributed by atoms with E-state index in [1.807, 2.05) is 0 Å². The minimum absolute atomic E-state index is 0.368. The molecule has 1 rings (SSSR count). The van der Waals surface area contributed by atoms with Gasteiger partial charge < -0.3 is 0 Å². The Bertz CT molecular complexity index is 417. The van der Waals surface area contributed by atoms with Crippen molar-refractivity contribution in [3.63, 3.8) is 0 Å². The summed E-state index contributed by atoms with van der Waals surface area (Å²) in [6, 6.07) is 0. The largest absolute Gasteiger partial charge is 0.694 e. The molecule has 1 atom stereocenters. The minimum Gasteiger partial charge on any atom is -0.133 e. The molecule has 0 aliphatic heterocycles. The molecule has 114 valence electrons. The van der Waals surface area contributed by atoms with E-state index in [-0.39, 0.29) is 0 Å². The van der Waals surface area contributed by atoms with E-state index in [1.165, 1.54) is 31.9 Å². The minimum atomic E-state index is -2.35. The lowest BCUT2D eigenvalue weighted by Crippen LogP contribution is -2.19. The second kappa shape index (κ2) is 9.23. The van der Waals surface area contributed by atoms with Crippen molar-refractivity contribution in [2.75, 3.05) is 7.11 Å². The second-order valence-corrected chi connectivity index (χ2v) is 6.56. The molecule has 1 aliphatic carbocycles. The highest BCUT2D eigenvalue weighted by atomic mass is 31.1. The zero-order chi connectivity index (χ0) is 15.8. The molecular weight excluding hydrogens is 271 g/mol. The number of rotatable bonds is 3. The smallest absolute Gasteiger partial charge is 0.133 e. The van der Waals surface area contributed by atoms with Crippen LogP contribution in [0, 0.1) is 5.41 Å². The molecular formula is C16H28O3P+. The summed E-state index contributed by atoms with van der Waals surface area (Å²) in [6.07, 6.45) is 10.7. The monoisotopic (exact) mass is 299 g/mol. The van der Waals surface area contributed by atoms with Crippen LogP contribution < -0.4 is 0 Å². The van der Waals surface area contributed by atoms with Crippen LogP contribution in [-0.4, -0.2) is 12.0 Å². The van der Waals surface area contributed by atoms with Gasteiger partial charge in [0.15, 0.2) is 0 Å². The van der Waals surface area contributed by atoms with Crippen LogP contribution in [0.25, 0.3) is 0 Å². The third-order valence-electron chi connectivity index (χ3n) is 3.67. The summed E-state index contributed by atoms with van der Waals surface area (Å²) >= 11 is 0. The fourth-order valence-corrected chi connectivity index (χ4v) is 2.32. The van der Waals surface area contributed by atoms with E-state index < -0.39 is 8.25 Å². The first kappa shape index (κ1) is 19.2. The van der Waals surface area contributed by atoms with Crippen LogP contribution in [-0.2, 0) is 9.09 Å². The predicted octanol–water partition coefficient (Wildman–Crippen LogP) is 5.32. The van der Waals surface area contributed by atoms with Crippen molar-refractivity contribution >= 4 is 8.25 Å². The van der Waals surface area contributed by atoms with E-state index in [0.29, 0.717) is 5.41 Å². The Kier molecular flexibility index (Phi) is 8.88. The summed E-state index contributed by atoms with van der Waals surface area (Å²) in [5.41, 5.74) is 4.84. The summed E-state index contributed by atoms with van der Waals surface area (Å²) < 4.78 is 13.1. The van der Waals surface area contributed by atoms with Gasteiger partial charge in [0.2, 0.25) is 0 Å². The molecule has 0 saturated heterocycles. The van der Waals surface area contributed by atoms with Crippen molar-refractivity contribution in [1.82, 2.24) is 0 Å². The summed E-state index contributed by atoms with van der Waals surface area (Å²) in [5, 5.41) is 0. The van der Waals surface area contributed by atoms with E-state index >= 15 is 0 Å². The summed E-state index contributed by atoms with van der Waals surface area (Å²) in [4.78, 5) is 7.65. The molecule has 20 heavy (non-hydrogen) atoms. The van der Waals surface area contributed by atoms with Crippen LogP contribution in [0.2, 0.25) is 0 Å². The molecule has 0 bridgehead atoms. The molecule has 1 aliphatic rings. The summed E-state index contributed by atoms with van der Waals surface area (Å²) in [7, 11) is -1.18. The Morgan fingerprint density at radius 1 is 1.45 bits per heavy atom. The predicted molar refractivity (Wildman–Crippen MR) is 85.7 cm³/mol. The van der Waals surface area contributed by atoms with Gasteiger partial charge in [-0.2, -0.15) is 0 Å². The lowest BCUT2D eigenvalue weighted by Gasteiger charge is -2.32.